The van der Waals surface area contributed by atoms with E-state index < -0.39 is 0 Å². The van der Waals surface area contributed by atoms with E-state index in [0.29, 0.717) is 0 Å². The zero-order valence-corrected chi connectivity index (χ0v) is 28.5. The Morgan fingerprint density at radius 1 is 0.913 bits per heavy atom. The molecule has 232 valence electrons. The molecule has 0 saturated carbocycles. The van der Waals surface area contributed by atoms with Crippen molar-refractivity contribution >= 4 is 44.8 Å². The van der Waals surface area contributed by atoms with Gasteiger partial charge in [-0.3, -0.25) is 0 Å². The van der Waals surface area contributed by atoms with Crippen molar-refractivity contribution in [3.8, 4) is 5.69 Å². The zero-order valence-electron chi connectivity index (χ0n) is 27.7. The molecule has 6 rings (SSSR count). The minimum Gasteiger partial charge on any atom is -0.377 e. The molecule has 0 bridgehead atoms. The van der Waals surface area contributed by atoms with Crippen LogP contribution >= 0.6 is 11.8 Å². The Hall–Kier alpha value is -4.47. The van der Waals surface area contributed by atoms with E-state index in [1.165, 1.54) is 60.2 Å². The molecule has 1 aromatic heterocycles. The van der Waals surface area contributed by atoms with E-state index >= 15 is 0 Å². The van der Waals surface area contributed by atoms with E-state index in [2.05, 4.69) is 161 Å². The van der Waals surface area contributed by atoms with Crippen molar-refractivity contribution in [1.82, 2.24) is 4.57 Å². The van der Waals surface area contributed by atoms with E-state index in [9.17, 15) is 0 Å². The number of hydrogen-bond acceptors (Lipinski definition) is 2. The first-order valence-corrected chi connectivity index (χ1v) is 17.3. The zero-order chi connectivity index (χ0) is 32.6. The fourth-order valence-electron chi connectivity index (χ4n) is 7.50. The maximum atomic E-state index is 4.22. The van der Waals surface area contributed by atoms with Crippen molar-refractivity contribution in [1.29, 1.82) is 0 Å². The average Bonchev–Trinajstić information content (AvgIpc) is 3.56. The number of benzene rings is 4. The SMILES string of the molecule is C=CCC(C)(C=C)/C(C=C)=C(SC)/C(=C\C)c1ccc(-n2c3ccccc3c3ccc4c(c32)C(C)(C)C(c2ccccc2)N4)cc1. The standard InChI is InChI=1S/C43H44N2S/c1-9-28-43(7,12-4)35(11-3)40(46-8)32(10-2)29-22-24-31(25-23-29)45-37-21-17-16-20-33(37)34-26-27-36-38(39(34)45)42(5,6)41(44-36)30-18-14-13-15-19-30/h9-27,41,44H,1,3-4,28H2,2,5-8H3/b32-10-,40-35-. The van der Waals surface area contributed by atoms with Gasteiger partial charge in [0.2, 0.25) is 0 Å². The molecule has 5 aromatic rings. The van der Waals surface area contributed by atoms with E-state index in [4.69, 9.17) is 0 Å². The highest BCUT2D eigenvalue weighted by atomic mass is 32.2. The maximum Gasteiger partial charge on any atom is 0.0606 e. The fourth-order valence-corrected chi connectivity index (χ4v) is 8.49. The lowest BCUT2D eigenvalue weighted by molar-refractivity contribution is 0.476. The van der Waals surface area contributed by atoms with E-state index in [0.717, 1.165) is 12.1 Å². The van der Waals surface area contributed by atoms with Crippen molar-refractivity contribution in [3.63, 3.8) is 0 Å². The molecule has 0 radical (unpaired) electrons. The number of nitrogens with one attached hydrogen (secondary N) is 1. The van der Waals surface area contributed by atoms with Crippen molar-refractivity contribution in [2.24, 2.45) is 5.41 Å². The van der Waals surface area contributed by atoms with Crippen LogP contribution in [-0.4, -0.2) is 10.8 Å². The summed E-state index contributed by atoms with van der Waals surface area (Å²) >= 11 is 1.76. The maximum absolute atomic E-state index is 4.22. The van der Waals surface area contributed by atoms with Gasteiger partial charge in [-0.25, -0.2) is 0 Å². The van der Waals surface area contributed by atoms with Crippen LogP contribution in [0.4, 0.5) is 5.69 Å². The first kappa shape index (κ1) is 31.5. The third kappa shape index (κ3) is 4.98. The molecule has 0 aliphatic carbocycles. The lowest BCUT2D eigenvalue weighted by atomic mass is 9.77. The molecule has 0 fully saturated rings. The predicted octanol–water partition coefficient (Wildman–Crippen LogP) is 12.2. The summed E-state index contributed by atoms with van der Waals surface area (Å²) in [6, 6.07) is 33.4. The molecule has 1 aliphatic heterocycles. The molecule has 0 saturated heterocycles. The van der Waals surface area contributed by atoms with E-state index in [1.54, 1.807) is 11.8 Å². The Morgan fingerprint density at radius 3 is 2.24 bits per heavy atom. The molecule has 0 spiro atoms. The summed E-state index contributed by atoms with van der Waals surface area (Å²) < 4.78 is 2.47. The molecule has 2 heterocycles. The molecular formula is C43H44N2S. The normalized spacial score (nSPS) is 17.6. The van der Waals surface area contributed by atoms with Crippen LogP contribution in [0.5, 0.6) is 0 Å². The lowest BCUT2D eigenvalue weighted by Crippen LogP contribution is -2.25. The van der Waals surface area contributed by atoms with Gasteiger partial charge in [0.25, 0.3) is 0 Å². The quantitative estimate of drug-likeness (QED) is 0.124. The highest BCUT2D eigenvalue weighted by Crippen LogP contribution is 2.53. The van der Waals surface area contributed by atoms with Gasteiger partial charge in [0, 0.05) is 43.4 Å². The number of aromatic nitrogens is 1. The second-order valence-electron chi connectivity index (χ2n) is 13.0. The van der Waals surface area contributed by atoms with Crippen LogP contribution < -0.4 is 5.32 Å². The number of rotatable bonds is 10. The Bertz CT molecular complexity index is 2020. The van der Waals surface area contributed by atoms with Gasteiger partial charge in [-0.1, -0.05) is 118 Å². The number of anilines is 1. The summed E-state index contributed by atoms with van der Waals surface area (Å²) in [5.74, 6) is 0. The average molecular weight is 621 g/mol. The molecule has 46 heavy (non-hydrogen) atoms. The first-order valence-electron chi connectivity index (χ1n) is 16.0. The summed E-state index contributed by atoms with van der Waals surface area (Å²) in [4.78, 5) is 1.21. The molecule has 1 aliphatic rings. The Kier molecular flexibility index (Phi) is 8.48. The summed E-state index contributed by atoms with van der Waals surface area (Å²) in [5, 5.41) is 6.45. The van der Waals surface area contributed by atoms with E-state index in [-0.39, 0.29) is 16.9 Å². The second-order valence-corrected chi connectivity index (χ2v) is 13.8. The third-order valence-electron chi connectivity index (χ3n) is 9.89. The van der Waals surface area contributed by atoms with Crippen molar-refractivity contribution in [2.75, 3.05) is 11.6 Å². The minimum absolute atomic E-state index is 0.136. The number of thioether (sulfide) groups is 1. The monoisotopic (exact) mass is 620 g/mol. The van der Waals surface area contributed by atoms with E-state index in [1.807, 2.05) is 18.2 Å². The van der Waals surface area contributed by atoms with Crippen molar-refractivity contribution < 1.29 is 0 Å². The highest BCUT2D eigenvalue weighted by Gasteiger charge is 2.42. The summed E-state index contributed by atoms with van der Waals surface area (Å²) in [6.07, 6.45) is 11.1. The van der Waals surface area contributed by atoms with Crippen molar-refractivity contribution in [3.05, 3.63) is 162 Å². The molecular weight excluding hydrogens is 577 g/mol. The van der Waals surface area contributed by atoms with Gasteiger partial charge in [0.1, 0.15) is 0 Å². The summed E-state index contributed by atoms with van der Waals surface area (Å²) in [6.45, 7) is 21.5. The Labute approximate surface area is 278 Å². The number of hydrogen-bond donors (Lipinski definition) is 1. The predicted molar refractivity (Wildman–Crippen MR) is 204 cm³/mol. The van der Waals surface area contributed by atoms with Crippen LogP contribution in [0.3, 0.4) is 0 Å². The van der Waals surface area contributed by atoms with Gasteiger partial charge in [-0.2, -0.15) is 0 Å². The topological polar surface area (TPSA) is 17.0 Å². The summed E-state index contributed by atoms with van der Waals surface area (Å²) in [7, 11) is 0. The fraction of sp³-hybridized carbons (Fsp3) is 0.209. The van der Waals surface area contributed by atoms with Gasteiger partial charge in [0.15, 0.2) is 0 Å². The van der Waals surface area contributed by atoms with Gasteiger partial charge in [-0.15, -0.1) is 24.9 Å². The van der Waals surface area contributed by atoms with Crippen LogP contribution in [0, 0.1) is 5.41 Å². The molecule has 1 N–H and O–H groups in total. The Balaban J connectivity index is 1.53. The van der Waals surface area contributed by atoms with Crippen molar-refractivity contribution in [2.45, 2.75) is 45.6 Å². The number of nitrogens with zero attached hydrogens (tertiary/aromatic N) is 1. The molecule has 4 aromatic carbocycles. The van der Waals surface area contributed by atoms with Crippen LogP contribution in [0.1, 0.15) is 56.8 Å². The number of fused-ring (bicyclic) bond motifs is 5. The third-order valence-corrected chi connectivity index (χ3v) is 10.7. The molecule has 2 nitrogen and oxygen atoms in total. The molecule has 3 heteroatoms. The van der Waals surface area contributed by atoms with Crippen LogP contribution in [-0.2, 0) is 5.41 Å². The minimum atomic E-state index is -0.252. The van der Waals surface area contributed by atoms with Crippen LogP contribution in [0.15, 0.2) is 146 Å². The van der Waals surface area contributed by atoms with Gasteiger partial charge < -0.3 is 9.88 Å². The van der Waals surface area contributed by atoms with Crippen LogP contribution in [0.2, 0.25) is 0 Å². The molecule has 0 amide bonds. The first-order chi connectivity index (χ1) is 22.2. The smallest absolute Gasteiger partial charge is 0.0606 e. The number of allylic oxidation sites excluding steroid dienone is 6. The van der Waals surface area contributed by atoms with Gasteiger partial charge in [-0.05, 0) is 66.1 Å². The van der Waals surface area contributed by atoms with Gasteiger partial charge in [0.05, 0.1) is 17.1 Å². The summed E-state index contributed by atoms with van der Waals surface area (Å²) in [5.41, 5.74) is 10.7. The second kappa shape index (κ2) is 12.4. The van der Waals surface area contributed by atoms with Crippen LogP contribution in [0.25, 0.3) is 33.1 Å². The number of para-hydroxylation sites is 1. The molecule has 2 unspecified atom stereocenters. The van der Waals surface area contributed by atoms with Gasteiger partial charge >= 0.3 is 0 Å². The largest absolute Gasteiger partial charge is 0.377 e. The highest BCUT2D eigenvalue weighted by molar-refractivity contribution is 8.03. The lowest BCUT2D eigenvalue weighted by Gasteiger charge is -2.29. The Morgan fingerprint density at radius 2 is 1.61 bits per heavy atom. The molecule has 2 atom stereocenters.